The van der Waals surface area contributed by atoms with Crippen LogP contribution in [0.15, 0.2) is 46.6 Å². The fourth-order valence-electron chi connectivity index (χ4n) is 4.10. The highest BCUT2D eigenvalue weighted by atomic mass is 32.2. The number of H-pyrrole nitrogens is 1. The van der Waals surface area contributed by atoms with Crippen LogP contribution in [0.2, 0.25) is 0 Å². The van der Waals surface area contributed by atoms with E-state index in [0.717, 1.165) is 67.6 Å². The third-order valence-corrected chi connectivity index (χ3v) is 7.87. The summed E-state index contributed by atoms with van der Waals surface area (Å²) >= 11 is 3.81. The Labute approximate surface area is 180 Å². The average Bonchev–Trinajstić information content (AvgIpc) is 3.17. The van der Waals surface area contributed by atoms with Gasteiger partial charge in [-0.15, -0.1) is 11.8 Å². The number of nitrogens with one attached hydrogen (secondary N) is 1. The summed E-state index contributed by atoms with van der Waals surface area (Å²) < 4.78 is 5.45. The summed E-state index contributed by atoms with van der Waals surface area (Å²) in [6.45, 7) is 4.99. The fraction of sp³-hybridized carbons (Fsp3) is 0.455. The maximum atomic E-state index is 5.45. The quantitative estimate of drug-likeness (QED) is 0.584. The molecule has 0 amide bonds. The van der Waals surface area contributed by atoms with Crippen LogP contribution < -0.4 is 0 Å². The van der Waals surface area contributed by atoms with Crippen LogP contribution in [0, 0.1) is 0 Å². The van der Waals surface area contributed by atoms with Gasteiger partial charge in [-0.05, 0) is 43.0 Å². The molecule has 1 aliphatic carbocycles. The molecular formula is C22H26N4OS2. The fourth-order valence-corrected chi connectivity index (χ4v) is 6.40. The molecule has 1 aromatic carbocycles. The molecule has 2 aromatic heterocycles. The summed E-state index contributed by atoms with van der Waals surface area (Å²) in [5.74, 6) is 1.12. The van der Waals surface area contributed by atoms with Crippen molar-refractivity contribution >= 4 is 34.6 Å². The number of hydrogen-bond acceptors (Lipinski definition) is 6. The number of aromatic amines is 1. The van der Waals surface area contributed by atoms with Crippen molar-refractivity contribution in [2.45, 2.75) is 34.6 Å². The lowest BCUT2D eigenvalue weighted by atomic mass is 9.96. The number of imidazole rings is 1. The van der Waals surface area contributed by atoms with Gasteiger partial charge in [-0.25, -0.2) is 4.98 Å². The predicted molar refractivity (Wildman–Crippen MR) is 120 cm³/mol. The first-order valence-corrected chi connectivity index (χ1v) is 12.3. The molecule has 29 heavy (non-hydrogen) atoms. The van der Waals surface area contributed by atoms with E-state index in [9.17, 15) is 0 Å². The second-order valence-corrected chi connectivity index (χ2v) is 9.86. The van der Waals surface area contributed by atoms with E-state index >= 15 is 0 Å². The van der Waals surface area contributed by atoms with Gasteiger partial charge < -0.3 is 9.72 Å². The van der Waals surface area contributed by atoms with Gasteiger partial charge in [-0.2, -0.15) is 0 Å². The molecule has 1 unspecified atom stereocenters. The number of nitrogens with zero attached hydrogens (tertiary/aromatic N) is 3. The summed E-state index contributed by atoms with van der Waals surface area (Å²) in [6.07, 6.45) is 5.50. The molecule has 2 aliphatic rings. The number of hydrogen-bond donors (Lipinski definition) is 1. The van der Waals surface area contributed by atoms with Crippen molar-refractivity contribution in [3.05, 3.63) is 47.8 Å². The normalized spacial score (nSPS) is 20.1. The summed E-state index contributed by atoms with van der Waals surface area (Å²) in [4.78, 5) is 17.0. The third-order valence-electron chi connectivity index (χ3n) is 5.63. The van der Waals surface area contributed by atoms with Crippen LogP contribution in [0.5, 0.6) is 0 Å². The molecule has 1 atom stereocenters. The van der Waals surface area contributed by atoms with E-state index in [0.29, 0.717) is 5.25 Å². The molecule has 1 fully saturated rings. The largest absolute Gasteiger partial charge is 0.379 e. The lowest BCUT2D eigenvalue weighted by Gasteiger charge is -2.27. The predicted octanol–water partition coefficient (Wildman–Crippen LogP) is 4.55. The topological polar surface area (TPSA) is 54.0 Å². The lowest BCUT2D eigenvalue weighted by molar-refractivity contribution is 0.0410. The van der Waals surface area contributed by atoms with Gasteiger partial charge in [0.25, 0.3) is 0 Å². The highest BCUT2D eigenvalue weighted by Gasteiger charge is 2.26. The first-order chi connectivity index (χ1) is 14.4. The van der Waals surface area contributed by atoms with Gasteiger partial charge in [0, 0.05) is 36.5 Å². The number of thioether (sulfide) groups is 2. The molecule has 0 saturated carbocycles. The Bertz CT molecular complexity index is 937. The Morgan fingerprint density at radius 1 is 1.17 bits per heavy atom. The molecule has 5 rings (SSSR count). The number of morpholine rings is 1. The number of rotatable bonds is 6. The monoisotopic (exact) mass is 426 g/mol. The minimum atomic E-state index is 0.374. The molecule has 0 radical (unpaired) electrons. The van der Waals surface area contributed by atoms with Gasteiger partial charge in [0.05, 0.1) is 35.2 Å². The van der Waals surface area contributed by atoms with Crippen LogP contribution >= 0.6 is 23.5 Å². The molecule has 7 heteroatoms. The van der Waals surface area contributed by atoms with Gasteiger partial charge in [-0.3, -0.25) is 9.88 Å². The third kappa shape index (κ3) is 4.48. The summed E-state index contributed by atoms with van der Waals surface area (Å²) in [7, 11) is 0. The van der Waals surface area contributed by atoms with Gasteiger partial charge in [0.2, 0.25) is 0 Å². The Kier molecular flexibility index (Phi) is 6.08. The van der Waals surface area contributed by atoms with E-state index in [1.807, 2.05) is 41.9 Å². The van der Waals surface area contributed by atoms with E-state index in [-0.39, 0.29) is 0 Å². The first kappa shape index (κ1) is 19.4. The summed E-state index contributed by atoms with van der Waals surface area (Å²) in [5.41, 5.74) is 4.86. The standard InChI is InChI=1S/C22H26N4OS2/c1-2-6-18-17(5-1)24-22(25-18)29-20-7-3-4-16-19(8-9-23-21(16)20)28-15-12-26-10-13-27-14-11-26/h1-2,5-6,8-9,20H,3-4,7,10-15H2,(H,24,25). The molecule has 0 spiro atoms. The zero-order valence-electron chi connectivity index (χ0n) is 16.5. The van der Waals surface area contributed by atoms with Crippen LogP contribution in [0.1, 0.15) is 29.3 Å². The molecular weight excluding hydrogens is 400 g/mol. The van der Waals surface area contributed by atoms with E-state index in [2.05, 4.69) is 28.1 Å². The number of fused-ring (bicyclic) bond motifs is 2. The van der Waals surface area contributed by atoms with E-state index in [1.165, 1.54) is 22.6 Å². The highest BCUT2D eigenvalue weighted by molar-refractivity contribution is 7.99. The first-order valence-electron chi connectivity index (χ1n) is 10.4. The molecule has 1 N–H and O–H groups in total. The van der Waals surface area contributed by atoms with Gasteiger partial charge in [0.15, 0.2) is 5.16 Å². The van der Waals surface area contributed by atoms with E-state index in [4.69, 9.17) is 14.7 Å². The van der Waals surface area contributed by atoms with Crippen molar-refractivity contribution in [1.82, 2.24) is 19.9 Å². The molecule has 3 aromatic rings. The molecule has 1 saturated heterocycles. The number of para-hydroxylation sites is 2. The SMILES string of the molecule is c1ccc2[nH]c(SC3CCCc4c(SCCN5CCOCC5)ccnc43)nc2c1. The number of ether oxygens (including phenoxy) is 1. The smallest absolute Gasteiger partial charge is 0.167 e. The maximum absolute atomic E-state index is 5.45. The second kappa shape index (κ2) is 9.08. The van der Waals surface area contributed by atoms with Crippen molar-refractivity contribution in [3.8, 4) is 0 Å². The van der Waals surface area contributed by atoms with Gasteiger partial charge >= 0.3 is 0 Å². The van der Waals surface area contributed by atoms with Crippen molar-refractivity contribution in [3.63, 3.8) is 0 Å². The van der Waals surface area contributed by atoms with Crippen LogP contribution in [0.25, 0.3) is 11.0 Å². The Hall–Kier alpha value is -1.54. The van der Waals surface area contributed by atoms with E-state index < -0.39 is 0 Å². The summed E-state index contributed by atoms with van der Waals surface area (Å²) in [5, 5.41) is 1.37. The molecule has 0 bridgehead atoms. The maximum Gasteiger partial charge on any atom is 0.167 e. The number of pyridine rings is 1. The zero-order valence-corrected chi connectivity index (χ0v) is 18.1. The minimum absolute atomic E-state index is 0.374. The summed E-state index contributed by atoms with van der Waals surface area (Å²) in [6, 6.07) is 10.4. The number of aromatic nitrogens is 3. The molecule has 3 heterocycles. The highest BCUT2D eigenvalue weighted by Crippen LogP contribution is 2.44. The molecule has 152 valence electrons. The second-order valence-electron chi connectivity index (χ2n) is 7.53. The van der Waals surface area contributed by atoms with Crippen LogP contribution in [0.3, 0.4) is 0 Å². The van der Waals surface area contributed by atoms with Crippen LogP contribution in [-0.4, -0.2) is 58.5 Å². The Morgan fingerprint density at radius 3 is 2.97 bits per heavy atom. The Morgan fingerprint density at radius 2 is 2.07 bits per heavy atom. The lowest BCUT2D eigenvalue weighted by Crippen LogP contribution is -2.37. The van der Waals surface area contributed by atoms with Crippen LogP contribution in [0.4, 0.5) is 0 Å². The zero-order chi connectivity index (χ0) is 19.5. The minimum Gasteiger partial charge on any atom is -0.379 e. The average molecular weight is 427 g/mol. The van der Waals surface area contributed by atoms with Crippen molar-refractivity contribution in [2.75, 3.05) is 38.6 Å². The molecule has 1 aliphatic heterocycles. The van der Waals surface area contributed by atoms with Gasteiger partial charge in [-0.1, -0.05) is 23.9 Å². The molecule has 5 nitrogen and oxygen atoms in total. The van der Waals surface area contributed by atoms with Crippen molar-refractivity contribution in [2.24, 2.45) is 0 Å². The van der Waals surface area contributed by atoms with Crippen LogP contribution in [-0.2, 0) is 11.2 Å². The van der Waals surface area contributed by atoms with E-state index in [1.54, 1.807) is 0 Å². The van der Waals surface area contributed by atoms with Gasteiger partial charge in [0.1, 0.15) is 0 Å². The van der Waals surface area contributed by atoms with Crippen molar-refractivity contribution < 1.29 is 4.74 Å². The van der Waals surface area contributed by atoms with Crippen molar-refractivity contribution in [1.29, 1.82) is 0 Å². The number of benzene rings is 1. The Balaban J connectivity index is 1.28.